The third kappa shape index (κ3) is 4.33. The second-order valence-corrected chi connectivity index (χ2v) is 8.72. The summed E-state index contributed by atoms with van der Waals surface area (Å²) in [7, 11) is 0. The molecule has 0 aromatic heterocycles. The molecule has 2 aromatic carbocycles. The van der Waals surface area contributed by atoms with Gasteiger partial charge in [0.25, 0.3) is 0 Å². The van der Waals surface area contributed by atoms with Crippen LogP contribution < -0.4 is 5.32 Å². The zero-order valence-electron chi connectivity index (χ0n) is 16.3. The zero-order chi connectivity index (χ0) is 20.3. The van der Waals surface area contributed by atoms with Gasteiger partial charge in [-0.05, 0) is 17.9 Å². The molecule has 0 aliphatic carbocycles. The van der Waals surface area contributed by atoms with Crippen LogP contribution in [0.2, 0.25) is 5.02 Å². The van der Waals surface area contributed by atoms with Crippen molar-refractivity contribution in [3.63, 3.8) is 0 Å². The van der Waals surface area contributed by atoms with Crippen molar-refractivity contribution in [3.05, 3.63) is 65.2 Å². The summed E-state index contributed by atoms with van der Waals surface area (Å²) >= 11 is 7.89. The summed E-state index contributed by atoms with van der Waals surface area (Å²) < 4.78 is 0. The van der Waals surface area contributed by atoms with Crippen LogP contribution in [-0.2, 0) is 0 Å². The Kier molecular flexibility index (Phi) is 5.92. The van der Waals surface area contributed by atoms with Gasteiger partial charge < -0.3 is 10.2 Å². The van der Waals surface area contributed by atoms with Gasteiger partial charge in [0, 0.05) is 31.5 Å². The van der Waals surface area contributed by atoms with Gasteiger partial charge in [0.1, 0.15) is 5.04 Å². The molecule has 4 rings (SSSR count). The van der Waals surface area contributed by atoms with Gasteiger partial charge >= 0.3 is 6.03 Å². The molecule has 0 unspecified atom stereocenters. The first-order valence-electron chi connectivity index (χ1n) is 9.79. The number of carbonyl (C=O) groups excluding carboxylic acids is 1. The molecular formula is C22H23ClN4OS. The lowest BCUT2D eigenvalue weighted by Gasteiger charge is -2.35. The van der Waals surface area contributed by atoms with E-state index in [4.69, 9.17) is 21.6 Å². The SMILES string of the molecule is CCSC1=NC2(CCN(C(=O)Nc3ccccc3Cl)CC2)N=C1c1ccccc1. The molecule has 0 radical (unpaired) electrons. The molecule has 150 valence electrons. The summed E-state index contributed by atoms with van der Waals surface area (Å²) in [6.45, 7) is 3.34. The maximum absolute atomic E-state index is 12.7. The van der Waals surface area contributed by atoms with Gasteiger partial charge in [-0.3, -0.25) is 4.99 Å². The van der Waals surface area contributed by atoms with Crippen LogP contribution in [0.15, 0.2) is 64.6 Å². The van der Waals surface area contributed by atoms with Gasteiger partial charge in [-0.15, -0.1) is 11.8 Å². The summed E-state index contributed by atoms with van der Waals surface area (Å²) in [5, 5.41) is 4.44. The predicted octanol–water partition coefficient (Wildman–Crippen LogP) is 5.32. The Labute approximate surface area is 180 Å². The smallest absolute Gasteiger partial charge is 0.321 e. The standard InChI is InChI=1S/C22H23ClN4OS/c1-2-29-20-19(16-8-4-3-5-9-16)25-22(26-20)12-14-27(15-13-22)21(28)24-18-11-7-6-10-17(18)23/h3-11H,2,12-15H2,1H3,(H,24,28). The summed E-state index contributed by atoms with van der Waals surface area (Å²) in [5.74, 6) is 0.952. The molecule has 1 saturated heterocycles. The summed E-state index contributed by atoms with van der Waals surface area (Å²) in [6, 6.07) is 17.4. The lowest BCUT2D eigenvalue weighted by atomic mass is 9.98. The molecular weight excluding hydrogens is 404 g/mol. The molecule has 0 atom stereocenters. The van der Waals surface area contributed by atoms with Crippen molar-refractivity contribution in [3.8, 4) is 0 Å². The molecule has 2 aliphatic heterocycles. The fourth-order valence-corrected chi connectivity index (χ4v) is 4.58. The molecule has 1 fully saturated rings. The third-order valence-corrected chi connectivity index (χ3v) is 6.30. The highest BCUT2D eigenvalue weighted by Gasteiger charge is 2.40. The largest absolute Gasteiger partial charge is 0.324 e. The molecule has 0 saturated carbocycles. The fraction of sp³-hybridized carbons (Fsp3) is 0.318. The molecule has 2 heterocycles. The lowest BCUT2D eigenvalue weighted by Crippen LogP contribution is -2.46. The highest BCUT2D eigenvalue weighted by atomic mass is 35.5. The van der Waals surface area contributed by atoms with Crippen LogP contribution in [0.3, 0.4) is 0 Å². The van der Waals surface area contributed by atoms with Crippen LogP contribution in [0.25, 0.3) is 0 Å². The van der Waals surface area contributed by atoms with Crippen molar-refractivity contribution in [1.82, 2.24) is 4.90 Å². The quantitative estimate of drug-likeness (QED) is 0.722. The maximum atomic E-state index is 12.7. The van der Waals surface area contributed by atoms with Gasteiger partial charge in [0.05, 0.1) is 16.4 Å². The first-order valence-corrected chi connectivity index (χ1v) is 11.2. The number of para-hydroxylation sites is 1. The number of carbonyl (C=O) groups is 1. The zero-order valence-corrected chi connectivity index (χ0v) is 17.8. The van der Waals surface area contributed by atoms with Crippen LogP contribution in [0.5, 0.6) is 0 Å². The highest BCUT2D eigenvalue weighted by molar-refractivity contribution is 8.15. The van der Waals surface area contributed by atoms with E-state index in [1.165, 1.54) is 0 Å². The van der Waals surface area contributed by atoms with E-state index in [0.29, 0.717) is 36.6 Å². The van der Waals surface area contributed by atoms with Crippen molar-refractivity contribution < 1.29 is 4.79 Å². The van der Waals surface area contributed by atoms with Crippen LogP contribution >= 0.6 is 23.4 Å². The van der Waals surface area contributed by atoms with E-state index in [0.717, 1.165) is 22.1 Å². The van der Waals surface area contributed by atoms with Crippen molar-refractivity contribution >= 4 is 45.8 Å². The van der Waals surface area contributed by atoms with Gasteiger partial charge in [0.2, 0.25) is 0 Å². The van der Waals surface area contributed by atoms with E-state index in [2.05, 4.69) is 24.4 Å². The molecule has 0 bridgehead atoms. The first kappa shape index (κ1) is 20.0. The van der Waals surface area contributed by atoms with E-state index < -0.39 is 5.66 Å². The number of benzene rings is 2. The molecule has 1 N–H and O–H groups in total. The minimum atomic E-state index is -0.455. The topological polar surface area (TPSA) is 57.1 Å². The molecule has 5 nitrogen and oxygen atoms in total. The minimum Gasteiger partial charge on any atom is -0.324 e. The Bertz CT molecular complexity index is 952. The predicted molar refractivity (Wildman–Crippen MR) is 123 cm³/mol. The molecule has 1 spiro atoms. The van der Waals surface area contributed by atoms with Crippen LogP contribution in [-0.4, -0.2) is 46.2 Å². The molecule has 2 aliphatic rings. The normalized spacial score (nSPS) is 17.8. The number of thioether (sulfide) groups is 1. The molecule has 2 amide bonds. The van der Waals surface area contributed by atoms with Crippen molar-refractivity contribution in [2.75, 3.05) is 24.2 Å². The van der Waals surface area contributed by atoms with Gasteiger partial charge in [-0.2, -0.15) is 0 Å². The number of nitrogens with zero attached hydrogens (tertiary/aromatic N) is 3. The van der Waals surface area contributed by atoms with E-state index in [9.17, 15) is 4.79 Å². The second kappa shape index (κ2) is 8.59. The number of rotatable bonds is 3. The number of amides is 2. The van der Waals surface area contributed by atoms with E-state index in [1.54, 1.807) is 23.9 Å². The van der Waals surface area contributed by atoms with Crippen LogP contribution in [0.1, 0.15) is 25.3 Å². The molecule has 29 heavy (non-hydrogen) atoms. The maximum Gasteiger partial charge on any atom is 0.321 e. The van der Waals surface area contributed by atoms with Crippen molar-refractivity contribution in [2.45, 2.75) is 25.4 Å². The Hall–Kier alpha value is -2.31. The molecule has 7 heteroatoms. The Morgan fingerprint density at radius 3 is 2.48 bits per heavy atom. The minimum absolute atomic E-state index is 0.134. The van der Waals surface area contributed by atoms with Crippen LogP contribution in [0.4, 0.5) is 10.5 Å². The summed E-state index contributed by atoms with van der Waals surface area (Å²) in [5.41, 5.74) is 2.25. The number of piperidine rings is 1. The average Bonchev–Trinajstić information content (AvgIpc) is 3.09. The van der Waals surface area contributed by atoms with Gasteiger partial charge in [-0.25, -0.2) is 9.79 Å². The van der Waals surface area contributed by atoms with Crippen LogP contribution in [0, 0.1) is 0 Å². The number of halogens is 1. The van der Waals surface area contributed by atoms with Crippen molar-refractivity contribution in [1.29, 1.82) is 0 Å². The monoisotopic (exact) mass is 426 g/mol. The highest BCUT2D eigenvalue weighted by Crippen LogP contribution is 2.35. The summed E-state index contributed by atoms with van der Waals surface area (Å²) in [4.78, 5) is 24.5. The number of hydrogen-bond acceptors (Lipinski definition) is 4. The number of nitrogens with one attached hydrogen (secondary N) is 1. The number of urea groups is 1. The summed E-state index contributed by atoms with van der Waals surface area (Å²) in [6.07, 6.45) is 1.43. The Morgan fingerprint density at radius 1 is 1.10 bits per heavy atom. The number of aliphatic imine (C=N–C) groups is 2. The van der Waals surface area contributed by atoms with Gasteiger partial charge in [-0.1, -0.05) is 61.0 Å². The first-order chi connectivity index (χ1) is 14.1. The number of likely N-dealkylation sites (tertiary alicyclic amines) is 1. The second-order valence-electron chi connectivity index (χ2n) is 7.06. The van der Waals surface area contributed by atoms with E-state index >= 15 is 0 Å². The average molecular weight is 427 g/mol. The van der Waals surface area contributed by atoms with E-state index in [1.807, 2.05) is 35.2 Å². The van der Waals surface area contributed by atoms with Gasteiger partial charge in [0.15, 0.2) is 5.66 Å². The molecule has 2 aromatic rings. The van der Waals surface area contributed by atoms with Crippen molar-refractivity contribution in [2.24, 2.45) is 9.98 Å². The fourth-order valence-electron chi connectivity index (χ4n) is 3.59. The Balaban J connectivity index is 1.47. The third-order valence-electron chi connectivity index (χ3n) is 5.13. The number of anilines is 1. The Morgan fingerprint density at radius 2 is 1.79 bits per heavy atom. The number of hydrogen-bond donors (Lipinski definition) is 1. The lowest BCUT2D eigenvalue weighted by molar-refractivity contribution is 0.175. The van der Waals surface area contributed by atoms with E-state index in [-0.39, 0.29) is 6.03 Å².